The zero-order valence-electron chi connectivity index (χ0n) is 12.8. The van der Waals surface area contributed by atoms with Crippen LogP contribution in [0.2, 0.25) is 0 Å². The van der Waals surface area contributed by atoms with Gasteiger partial charge < -0.3 is 15.4 Å². The molecule has 2 aromatic carbocycles. The van der Waals surface area contributed by atoms with Crippen molar-refractivity contribution in [2.45, 2.75) is 20.0 Å². The second kappa shape index (κ2) is 7.78. The van der Waals surface area contributed by atoms with Gasteiger partial charge in [0.1, 0.15) is 5.75 Å². The Morgan fingerprint density at radius 1 is 1.00 bits per heavy atom. The highest BCUT2D eigenvalue weighted by atomic mass is 79.9. The molecule has 0 radical (unpaired) electrons. The summed E-state index contributed by atoms with van der Waals surface area (Å²) in [7, 11) is 0. The lowest BCUT2D eigenvalue weighted by Crippen LogP contribution is -2.29. The van der Waals surface area contributed by atoms with E-state index in [4.69, 9.17) is 4.74 Å². The van der Waals surface area contributed by atoms with Gasteiger partial charge >= 0.3 is 11.8 Å². The molecule has 2 amide bonds. The molecule has 0 aromatic heterocycles. The zero-order chi connectivity index (χ0) is 16.8. The van der Waals surface area contributed by atoms with Gasteiger partial charge in [0.15, 0.2) is 0 Å². The summed E-state index contributed by atoms with van der Waals surface area (Å²) in [6, 6.07) is 14.0. The van der Waals surface area contributed by atoms with Gasteiger partial charge in [-0.1, -0.05) is 34.1 Å². The van der Waals surface area contributed by atoms with Crippen LogP contribution in [0.4, 0.5) is 11.4 Å². The number of rotatable bonds is 4. The standard InChI is InChI=1S/C17H17BrN2O3/c1-11(2)23-15-9-4-3-8-14(15)20-17(22)16(21)19-13-7-5-6-12(18)10-13/h3-11H,1-2H3,(H,19,21)(H,20,22). The lowest BCUT2D eigenvalue weighted by molar-refractivity contribution is -0.133. The van der Waals surface area contributed by atoms with Gasteiger partial charge in [-0.15, -0.1) is 0 Å². The van der Waals surface area contributed by atoms with E-state index in [1.54, 1.807) is 42.5 Å². The number of hydrogen-bond acceptors (Lipinski definition) is 3. The first-order valence-electron chi connectivity index (χ1n) is 7.09. The summed E-state index contributed by atoms with van der Waals surface area (Å²) in [5.41, 5.74) is 0.988. The quantitative estimate of drug-likeness (QED) is 0.797. The van der Waals surface area contributed by atoms with Crippen LogP contribution in [-0.2, 0) is 9.59 Å². The minimum atomic E-state index is -0.759. The summed E-state index contributed by atoms with van der Waals surface area (Å²) in [6.07, 6.45) is -0.0384. The van der Waals surface area contributed by atoms with Crippen molar-refractivity contribution in [2.24, 2.45) is 0 Å². The molecule has 5 nitrogen and oxygen atoms in total. The van der Waals surface area contributed by atoms with Crippen molar-refractivity contribution >= 4 is 39.1 Å². The van der Waals surface area contributed by atoms with Crippen LogP contribution in [0.3, 0.4) is 0 Å². The van der Waals surface area contributed by atoms with E-state index in [2.05, 4.69) is 26.6 Å². The summed E-state index contributed by atoms with van der Waals surface area (Å²) in [5.74, 6) is -0.988. The maximum Gasteiger partial charge on any atom is 0.314 e. The molecular formula is C17H17BrN2O3. The van der Waals surface area contributed by atoms with Crippen LogP contribution in [0, 0.1) is 0 Å². The number of carbonyl (C=O) groups excluding carboxylic acids is 2. The molecule has 120 valence electrons. The maximum atomic E-state index is 12.0. The fourth-order valence-electron chi connectivity index (χ4n) is 1.86. The van der Waals surface area contributed by atoms with Gasteiger partial charge in [-0.2, -0.15) is 0 Å². The molecule has 2 aromatic rings. The van der Waals surface area contributed by atoms with Crippen molar-refractivity contribution in [3.63, 3.8) is 0 Å². The predicted octanol–water partition coefficient (Wildman–Crippen LogP) is 3.81. The molecule has 0 spiro atoms. The van der Waals surface area contributed by atoms with Crippen LogP contribution in [0.15, 0.2) is 53.0 Å². The van der Waals surface area contributed by atoms with Gasteiger partial charge in [-0.25, -0.2) is 0 Å². The first-order chi connectivity index (χ1) is 11.0. The maximum absolute atomic E-state index is 12.0. The number of hydrogen-bond donors (Lipinski definition) is 2. The Labute approximate surface area is 143 Å². The lowest BCUT2D eigenvalue weighted by Gasteiger charge is -2.14. The Bertz CT molecular complexity index is 716. The molecule has 6 heteroatoms. The topological polar surface area (TPSA) is 67.4 Å². The Balaban J connectivity index is 2.05. The average molecular weight is 377 g/mol. The molecule has 0 bridgehead atoms. The summed E-state index contributed by atoms with van der Waals surface area (Å²) >= 11 is 3.31. The Kier molecular flexibility index (Phi) is 5.76. The highest BCUT2D eigenvalue weighted by molar-refractivity contribution is 9.10. The van der Waals surface area contributed by atoms with Crippen LogP contribution in [0.5, 0.6) is 5.75 Å². The molecule has 0 atom stereocenters. The molecule has 0 unspecified atom stereocenters. The largest absolute Gasteiger partial charge is 0.489 e. The first-order valence-corrected chi connectivity index (χ1v) is 7.88. The van der Waals surface area contributed by atoms with Gasteiger partial charge in [0, 0.05) is 10.2 Å². The third kappa shape index (κ3) is 5.10. The molecule has 23 heavy (non-hydrogen) atoms. The van der Waals surface area contributed by atoms with Crippen molar-refractivity contribution in [1.29, 1.82) is 0 Å². The molecule has 2 rings (SSSR count). The summed E-state index contributed by atoms with van der Waals surface area (Å²) in [6.45, 7) is 3.77. The predicted molar refractivity (Wildman–Crippen MR) is 93.6 cm³/mol. The molecule has 2 N–H and O–H groups in total. The Morgan fingerprint density at radius 2 is 1.70 bits per heavy atom. The third-order valence-electron chi connectivity index (χ3n) is 2.79. The smallest absolute Gasteiger partial charge is 0.314 e. The number of ether oxygens (including phenoxy) is 1. The molecule has 0 aliphatic heterocycles. The van der Waals surface area contributed by atoms with Crippen molar-refractivity contribution < 1.29 is 14.3 Å². The van der Waals surface area contributed by atoms with E-state index in [-0.39, 0.29) is 6.10 Å². The van der Waals surface area contributed by atoms with E-state index >= 15 is 0 Å². The number of nitrogens with one attached hydrogen (secondary N) is 2. The fourth-order valence-corrected chi connectivity index (χ4v) is 2.26. The lowest BCUT2D eigenvalue weighted by atomic mass is 10.2. The van der Waals surface area contributed by atoms with Crippen LogP contribution >= 0.6 is 15.9 Å². The van der Waals surface area contributed by atoms with Crippen LogP contribution in [0.1, 0.15) is 13.8 Å². The monoisotopic (exact) mass is 376 g/mol. The van der Waals surface area contributed by atoms with Crippen LogP contribution in [0.25, 0.3) is 0 Å². The number of carbonyl (C=O) groups is 2. The van der Waals surface area contributed by atoms with Gasteiger partial charge in [0.05, 0.1) is 11.8 Å². The third-order valence-corrected chi connectivity index (χ3v) is 3.28. The van der Waals surface area contributed by atoms with Crippen molar-refractivity contribution in [1.82, 2.24) is 0 Å². The van der Waals surface area contributed by atoms with Crippen molar-refractivity contribution in [3.8, 4) is 5.75 Å². The Hall–Kier alpha value is -2.34. The molecule has 0 fully saturated rings. The Morgan fingerprint density at radius 3 is 2.39 bits per heavy atom. The fraction of sp³-hybridized carbons (Fsp3) is 0.176. The highest BCUT2D eigenvalue weighted by Crippen LogP contribution is 2.24. The SMILES string of the molecule is CC(C)Oc1ccccc1NC(=O)C(=O)Nc1cccc(Br)c1. The van der Waals surface area contributed by atoms with E-state index < -0.39 is 11.8 Å². The van der Waals surface area contributed by atoms with Gasteiger partial charge in [-0.05, 0) is 44.2 Å². The molecule has 0 saturated heterocycles. The van der Waals surface area contributed by atoms with Gasteiger partial charge in [0.25, 0.3) is 0 Å². The van der Waals surface area contributed by atoms with Crippen LogP contribution in [-0.4, -0.2) is 17.9 Å². The average Bonchev–Trinajstić information content (AvgIpc) is 2.48. The van der Waals surface area contributed by atoms with E-state index in [1.165, 1.54) is 0 Å². The number of para-hydroxylation sites is 2. The second-order valence-corrected chi connectivity index (χ2v) is 6.00. The zero-order valence-corrected chi connectivity index (χ0v) is 14.4. The summed E-state index contributed by atoms with van der Waals surface area (Å²) in [5, 5.41) is 5.10. The molecule has 0 aliphatic rings. The number of benzene rings is 2. The molecular weight excluding hydrogens is 360 g/mol. The number of anilines is 2. The first kappa shape index (κ1) is 17.0. The molecule has 0 aliphatic carbocycles. The van der Waals surface area contributed by atoms with E-state index in [9.17, 15) is 9.59 Å². The molecule has 0 heterocycles. The normalized spacial score (nSPS) is 10.3. The van der Waals surface area contributed by atoms with Crippen molar-refractivity contribution in [3.05, 3.63) is 53.0 Å². The minimum absolute atomic E-state index is 0.0384. The van der Waals surface area contributed by atoms with Crippen LogP contribution < -0.4 is 15.4 Å². The van der Waals surface area contributed by atoms with E-state index in [0.29, 0.717) is 17.1 Å². The summed E-state index contributed by atoms with van der Waals surface area (Å²) < 4.78 is 6.42. The van der Waals surface area contributed by atoms with Gasteiger partial charge in [-0.3, -0.25) is 9.59 Å². The highest BCUT2D eigenvalue weighted by Gasteiger charge is 2.16. The van der Waals surface area contributed by atoms with Gasteiger partial charge in [0.2, 0.25) is 0 Å². The van der Waals surface area contributed by atoms with Crippen molar-refractivity contribution in [2.75, 3.05) is 10.6 Å². The summed E-state index contributed by atoms with van der Waals surface area (Å²) in [4.78, 5) is 24.0. The minimum Gasteiger partial charge on any atom is -0.489 e. The number of halogens is 1. The number of amides is 2. The van der Waals surface area contributed by atoms with E-state index in [1.807, 2.05) is 19.9 Å². The second-order valence-electron chi connectivity index (χ2n) is 5.08. The van der Waals surface area contributed by atoms with E-state index in [0.717, 1.165) is 4.47 Å². The molecule has 0 saturated carbocycles.